The van der Waals surface area contributed by atoms with Crippen molar-refractivity contribution in [3.63, 3.8) is 0 Å². The van der Waals surface area contributed by atoms with Crippen LogP contribution in [0.15, 0.2) is 18.2 Å². The van der Waals surface area contributed by atoms with Gasteiger partial charge in [-0.25, -0.2) is 4.79 Å². The van der Waals surface area contributed by atoms with E-state index in [4.69, 9.17) is 23.2 Å². The molecule has 0 saturated carbocycles. The minimum Gasteiger partial charge on any atom is -0.464 e. The number of nitrogens with one attached hydrogen (secondary N) is 1. The lowest BCUT2D eigenvalue weighted by Gasteiger charge is -2.04. The predicted molar refractivity (Wildman–Crippen MR) is 77.7 cm³/mol. The summed E-state index contributed by atoms with van der Waals surface area (Å²) in [6.45, 7) is 1.73. The Labute approximate surface area is 125 Å². The average Bonchev–Trinajstić information content (AvgIpc) is 2.75. The van der Waals surface area contributed by atoms with Crippen LogP contribution in [0.2, 0.25) is 10.0 Å². The third kappa shape index (κ3) is 2.44. The molecule has 0 amide bonds. The van der Waals surface area contributed by atoms with E-state index in [1.807, 2.05) is 0 Å². The standard InChI is InChI=1S/C14H11Cl2NO3/c1-7-10(6-18)13(14(19)20-2)17-12(7)9-4-3-8(15)5-11(9)16/h3-6,17H,1-2H3. The summed E-state index contributed by atoms with van der Waals surface area (Å²) < 4.78 is 4.65. The maximum atomic E-state index is 11.7. The molecule has 0 atom stereocenters. The molecule has 0 radical (unpaired) electrons. The molecule has 0 aliphatic rings. The molecule has 0 aliphatic heterocycles. The van der Waals surface area contributed by atoms with Crippen LogP contribution < -0.4 is 0 Å². The molecule has 0 spiro atoms. The fraction of sp³-hybridized carbons (Fsp3) is 0.143. The van der Waals surface area contributed by atoms with E-state index in [1.54, 1.807) is 25.1 Å². The van der Waals surface area contributed by atoms with Crippen molar-refractivity contribution in [2.75, 3.05) is 7.11 Å². The van der Waals surface area contributed by atoms with Crippen molar-refractivity contribution in [2.45, 2.75) is 6.92 Å². The monoisotopic (exact) mass is 311 g/mol. The van der Waals surface area contributed by atoms with Crippen LogP contribution in [-0.2, 0) is 4.74 Å². The van der Waals surface area contributed by atoms with Crippen molar-refractivity contribution < 1.29 is 14.3 Å². The smallest absolute Gasteiger partial charge is 0.355 e. The largest absolute Gasteiger partial charge is 0.464 e. The fourth-order valence-corrected chi connectivity index (χ4v) is 2.48. The molecule has 1 heterocycles. The Bertz CT molecular complexity index is 692. The van der Waals surface area contributed by atoms with Crippen LogP contribution in [0.25, 0.3) is 11.3 Å². The zero-order chi connectivity index (χ0) is 14.9. The first kappa shape index (κ1) is 14.6. The summed E-state index contributed by atoms with van der Waals surface area (Å²) in [5.74, 6) is -0.605. The predicted octanol–water partition coefficient (Wildman–Crippen LogP) is 3.90. The van der Waals surface area contributed by atoms with Gasteiger partial charge in [0.25, 0.3) is 0 Å². The number of carbonyl (C=O) groups is 2. The number of aromatic nitrogens is 1. The second kappa shape index (κ2) is 5.69. The maximum Gasteiger partial charge on any atom is 0.355 e. The number of rotatable bonds is 3. The molecule has 1 aromatic heterocycles. The van der Waals surface area contributed by atoms with Gasteiger partial charge >= 0.3 is 5.97 Å². The first-order valence-corrected chi connectivity index (χ1v) is 6.46. The summed E-state index contributed by atoms with van der Waals surface area (Å²) in [4.78, 5) is 25.7. The molecule has 0 fully saturated rings. The van der Waals surface area contributed by atoms with E-state index >= 15 is 0 Å². The van der Waals surface area contributed by atoms with Crippen LogP contribution in [-0.4, -0.2) is 24.3 Å². The highest BCUT2D eigenvalue weighted by Crippen LogP contribution is 2.33. The summed E-state index contributed by atoms with van der Waals surface area (Å²) in [7, 11) is 1.25. The van der Waals surface area contributed by atoms with Gasteiger partial charge in [-0.05, 0) is 30.7 Å². The van der Waals surface area contributed by atoms with E-state index in [1.165, 1.54) is 7.11 Å². The average molecular weight is 312 g/mol. The number of aromatic amines is 1. The molecule has 104 valence electrons. The lowest BCUT2D eigenvalue weighted by Crippen LogP contribution is -2.04. The third-order valence-electron chi connectivity index (χ3n) is 3.01. The molecule has 20 heavy (non-hydrogen) atoms. The van der Waals surface area contributed by atoms with Gasteiger partial charge in [0.05, 0.1) is 23.4 Å². The number of benzene rings is 1. The van der Waals surface area contributed by atoms with Gasteiger partial charge < -0.3 is 9.72 Å². The number of carbonyl (C=O) groups excluding carboxylic acids is 2. The van der Waals surface area contributed by atoms with E-state index in [-0.39, 0.29) is 11.3 Å². The Morgan fingerprint density at radius 3 is 2.60 bits per heavy atom. The normalized spacial score (nSPS) is 10.4. The molecule has 1 N–H and O–H groups in total. The van der Waals surface area contributed by atoms with Gasteiger partial charge in [-0.1, -0.05) is 23.2 Å². The molecule has 6 heteroatoms. The van der Waals surface area contributed by atoms with Crippen molar-refractivity contribution >= 4 is 35.5 Å². The van der Waals surface area contributed by atoms with Crippen LogP contribution in [0.4, 0.5) is 0 Å². The number of aldehydes is 1. The fourth-order valence-electron chi connectivity index (χ4n) is 1.98. The van der Waals surface area contributed by atoms with Crippen LogP contribution in [0.3, 0.4) is 0 Å². The molecular formula is C14H11Cl2NO3. The minimum atomic E-state index is -0.605. The van der Waals surface area contributed by atoms with E-state index < -0.39 is 5.97 Å². The van der Waals surface area contributed by atoms with Crippen molar-refractivity contribution in [3.8, 4) is 11.3 Å². The first-order valence-electron chi connectivity index (χ1n) is 5.71. The highest BCUT2D eigenvalue weighted by atomic mass is 35.5. The molecule has 0 saturated heterocycles. The SMILES string of the molecule is COC(=O)c1[nH]c(-c2ccc(Cl)cc2Cl)c(C)c1C=O. The van der Waals surface area contributed by atoms with Gasteiger partial charge in [0, 0.05) is 10.6 Å². The molecule has 2 aromatic rings. The van der Waals surface area contributed by atoms with Gasteiger partial charge in [-0.2, -0.15) is 0 Å². The van der Waals surface area contributed by atoms with Gasteiger partial charge in [0.2, 0.25) is 0 Å². The lowest BCUT2D eigenvalue weighted by molar-refractivity contribution is 0.0592. The maximum absolute atomic E-state index is 11.7. The van der Waals surface area contributed by atoms with Crippen molar-refractivity contribution in [1.82, 2.24) is 4.98 Å². The Hall–Kier alpha value is -1.78. The van der Waals surface area contributed by atoms with Gasteiger partial charge in [0.15, 0.2) is 6.29 Å². The Morgan fingerprint density at radius 1 is 1.35 bits per heavy atom. The summed E-state index contributed by atoms with van der Waals surface area (Å²) in [6.07, 6.45) is 0.616. The van der Waals surface area contributed by atoms with E-state index in [0.717, 1.165) is 0 Å². The minimum absolute atomic E-state index is 0.112. The Kier molecular flexibility index (Phi) is 4.16. The van der Waals surface area contributed by atoms with Gasteiger partial charge in [-0.15, -0.1) is 0 Å². The number of ether oxygens (including phenoxy) is 1. The summed E-state index contributed by atoms with van der Waals surface area (Å²) in [5, 5.41) is 0.933. The number of hydrogen-bond donors (Lipinski definition) is 1. The number of halogens is 2. The second-order valence-electron chi connectivity index (χ2n) is 4.15. The Morgan fingerprint density at radius 2 is 2.05 bits per heavy atom. The molecule has 4 nitrogen and oxygen atoms in total. The van der Waals surface area contributed by atoms with Crippen molar-refractivity contribution in [2.24, 2.45) is 0 Å². The number of H-pyrrole nitrogens is 1. The highest BCUT2D eigenvalue weighted by Gasteiger charge is 2.21. The summed E-state index contributed by atoms with van der Waals surface area (Å²) >= 11 is 12.0. The van der Waals surface area contributed by atoms with Gasteiger partial charge in [0.1, 0.15) is 5.69 Å². The van der Waals surface area contributed by atoms with Crippen LogP contribution in [0, 0.1) is 6.92 Å². The Balaban J connectivity index is 2.66. The van der Waals surface area contributed by atoms with Crippen molar-refractivity contribution in [3.05, 3.63) is 45.1 Å². The molecule has 0 aliphatic carbocycles. The van der Waals surface area contributed by atoms with E-state index in [0.29, 0.717) is 33.2 Å². The molecule has 0 bridgehead atoms. The molecule has 1 aromatic carbocycles. The van der Waals surface area contributed by atoms with E-state index in [2.05, 4.69) is 9.72 Å². The van der Waals surface area contributed by atoms with E-state index in [9.17, 15) is 9.59 Å². The summed E-state index contributed by atoms with van der Waals surface area (Å²) in [6, 6.07) is 5.00. The second-order valence-corrected chi connectivity index (χ2v) is 4.99. The zero-order valence-corrected chi connectivity index (χ0v) is 12.3. The number of methoxy groups -OCH3 is 1. The number of hydrogen-bond acceptors (Lipinski definition) is 3. The summed E-state index contributed by atoms with van der Waals surface area (Å²) in [5.41, 5.74) is 2.25. The van der Waals surface area contributed by atoms with Crippen LogP contribution >= 0.6 is 23.2 Å². The molecular weight excluding hydrogens is 301 g/mol. The molecule has 2 rings (SSSR count). The van der Waals surface area contributed by atoms with Crippen LogP contribution in [0.1, 0.15) is 26.4 Å². The van der Waals surface area contributed by atoms with Crippen molar-refractivity contribution in [1.29, 1.82) is 0 Å². The zero-order valence-electron chi connectivity index (χ0n) is 10.8. The van der Waals surface area contributed by atoms with Crippen LogP contribution in [0.5, 0.6) is 0 Å². The number of esters is 1. The lowest BCUT2D eigenvalue weighted by atomic mass is 10.1. The van der Waals surface area contributed by atoms with Gasteiger partial charge in [-0.3, -0.25) is 4.79 Å². The topological polar surface area (TPSA) is 59.2 Å². The first-order chi connectivity index (χ1) is 9.49. The highest BCUT2D eigenvalue weighted by molar-refractivity contribution is 6.36. The quantitative estimate of drug-likeness (QED) is 0.691. The molecule has 0 unspecified atom stereocenters. The third-order valence-corrected chi connectivity index (χ3v) is 3.55.